The molecule has 0 fully saturated rings. The molecule has 0 aliphatic carbocycles. The van der Waals surface area contributed by atoms with Gasteiger partial charge in [0.2, 0.25) is 0 Å². The van der Waals surface area contributed by atoms with Crippen LogP contribution in [0.1, 0.15) is 18.9 Å². The molecule has 0 unspecified atom stereocenters. The van der Waals surface area contributed by atoms with Crippen LogP contribution in [0.15, 0.2) is 42.5 Å². The molecule has 0 amide bonds. The maximum Gasteiger partial charge on any atom is 0.169 e. The number of benzene rings is 2. The fourth-order valence-corrected chi connectivity index (χ4v) is 2.10. The Morgan fingerprint density at radius 2 is 1.79 bits per heavy atom. The van der Waals surface area contributed by atoms with Gasteiger partial charge in [-0.25, -0.2) is 0 Å². The maximum absolute atomic E-state index is 5.86. The Morgan fingerprint density at radius 1 is 1.05 bits per heavy atom. The van der Waals surface area contributed by atoms with Gasteiger partial charge in [-0.05, 0) is 42.3 Å². The summed E-state index contributed by atoms with van der Waals surface area (Å²) in [5.41, 5.74) is 1.16. The summed E-state index contributed by atoms with van der Waals surface area (Å²) in [7, 11) is 1.67. The molecule has 0 saturated carbocycles. The molecule has 3 heteroatoms. The summed E-state index contributed by atoms with van der Waals surface area (Å²) in [5.74, 6) is 2.28. The fourth-order valence-electron chi connectivity index (χ4n) is 1.97. The van der Waals surface area contributed by atoms with E-state index in [9.17, 15) is 0 Å². The van der Waals surface area contributed by atoms with Crippen LogP contribution in [0.2, 0.25) is 5.02 Å². The first-order valence-corrected chi connectivity index (χ1v) is 6.71. The smallest absolute Gasteiger partial charge is 0.169 e. The number of hydrogen-bond acceptors (Lipinski definition) is 2. The first-order valence-electron chi connectivity index (χ1n) is 6.34. The van der Waals surface area contributed by atoms with Crippen molar-refractivity contribution in [2.24, 2.45) is 0 Å². The van der Waals surface area contributed by atoms with Crippen LogP contribution in [0.25, 0.3) is 0 Å². The highest BCUT2D eigenvalue weighted by Crippen LogP contribution is 2.35. The van der Waals surface area contributed by atoms with E-state index in [0.717, 1.165) is 35.7 Å². The van der Waals surface area contributed by atoms with Crippen molar-refractivity contribution in [3.63, 3.8) is 0 Å². The SMILES string of the molecule is CCCc1cccc(Oc2ccc(Cl)cc2)c1OC. The Kier molecular flexibility index (Phi) is 4.69. The normalized spacial score (nSPS) is 10.3. The zero-order valence-electron chi connectivity index (χ0n) is 11.2. The first kappa shape index (κ1) is 13.8. The summed E-state index contributed by atoms with van der Waals surface area (Å²) < 4.78 is 11.3. The lowest BCUT2D eigenvalue weighted by Crippen LogP contribution is -1.95. The number of methoxy groups -OCH3 is 1. The summed E-state index contributed by atoms with van der Waals surface area (Å²) in [5, 5.41) is 0.694. The molecule has 0 spiro atoms. The maximum atomic E-state index is 5.86. The Morgan fingerprint density at radius 3 is 2.42 bits per heavy atom. The molecule has 0 N–H and O–H groups in total. The highest BCUT2D eigenvalue weighted by molar-refractivity contribution is 6.30. The van der Waals surface area contributed by atoms with Crippen LogP contribution in [0.3, 0.4) is 0 Å². The standard InChI is InChI=1S/C16H17ClO2/c1-3-5-12-6-4-7-15(16(12)18-2)19-14-10-8-13(17)9-11-14/h4,6-11H,3,5H2,1-2H3. The average molecular weight is 277 g/mol. The monoisotopic (exact) mass is 276 g/mol. The van der Waals surface area contributed by atoms with Gasteiger partial charge in [0.25, 0.3) is 0 Å². The Balaban J connectivity index is 2.28. The Hall–Kier alpha value is -1.67. The minimum absolute atomic E-state index is 0.694. The predicted molar refractivity (Wildman–Crippen MR) is 78.5 cm³/mol. The van der Waals surface area contributed by atoms with E-state index in [0.29, 0.717) is 5.02 Å². The van der Waals surface area contributed by atoms with Crippen molar-refractivity contribution < 1.29 is 9.47 Å². The molecular weight excluding hydrogens is 260 g/mol. The third-order valence-corrected chi connectivity index (χ3v) is 3.08. The molecule has 0 aliphatic rings. The number of halogens is 1. The van der Waals surface area contributed by atoms with E-state index in [-0.39, 0.29) is 0 Å². The lowest BCUT2D eigenvalue weighted by atomic mass is 10.1. The zero-order chi connectivity index (χ0) is 13.7. The Labute approximate surface area is 118 Å². The number of rotatable bonds is 5. The summed E-state index contributed by atoms with van der Waals surface area (Å²) in [4.78, 5) is 0. The fraction of sp³-hybridized carbons (Fsp3) is 0.250. The van der Waals surface area contributed by atoms with Gasteiger partial charge in [0.1, 0.15) is 5.75 Å². The quantitative estimate of drug-likeness (QED) is 0.757. The van der Waals surface area contributed by atoms with Gasteiger partial charge >= 0.3 is 0 Å². The van der Waals surface area contributed by atoms with E-state index in [4.69, 9.17) is 21.1 Å². The van der Waals surface area contributed by atoms with Gasteiger partial charge in [-0.3, -0.25) is 0 Å². The van der Waals surface area contributed by atoms with Crippen molar-refractivity contribution in [1.82, 2.24) is 0 Å². The number of hydrogen-bond donors (Lipinski definition) is 0. The van der Waals surface area contributed by atoms with E-state index < -0.39 is 0 Å². The van der Waals surface area contributed by atoms with E-state index >= 15 is 0 Å². The van der Waals surface area contributed by atoms with Crippen molar-refractivity contribution in [3.05, 3.63) is 53.1 Å². The van der Waals surface area contributed by atoms with E-state index in [1.54, 1.807) is 19.2 Å². The highest BCUT2D eigenvalue weighted by atomic mass is 35.5. The molecule has 0 atom stereocenters. The predicted octanol–water partition coefficient (Wildman–Crippen LogP) is 5.09. The van der Waals surface area contributed by atoms with Crippen molar-refractivity contribution in [2.75, 3.05) is 7.11 Å². The molecule has 2 nitrogen and oxygen atoms in total. The van der Waals surface area contributed by atoms with Gasteiger partial charge in [0.15, 0.2) is 11.5 Å². The van der Waals surface area contributed by atoms with Crippen LogP contribution in [0.4, 0.5) is 0 Å². The third-order valence-electron chi connectivity index (χ3n) is 2.83. The topological polar surface area (TPSA) is 18.5 Å². The van der Waals surface area contributed by atoms with Crippen LogP contribution < -0.4 is 9.47 Å². The molecule has 100 valence electrons. The molecular formula is C16H17ClO2. The van der Waals surface area contributed by atoms with Gasteiger partial charge in [0.05, 0.1) is 7.11 Å². The van der Waals surface area contributed by atoms with E-state index in [1.165, 1.54) is 0 Å². The Bertz CT molecular complexity index is 535. The van der Waals surface area contributed by atoms with Crippen LogP contribution in [0.5, 0.6) is 17.2 Å². The minimum Gasteiger partial charge on any atom is -0.493 e. The summed E-state index contributed by atoms with van der Waals surface area (Å²) >= 11 is 5.86. The second-order valence-electron chi connectivity index (χ2n) is 4.25. The average Bonchev–Trinajstić information content (AvgIpc) is 2.42. The van der Waals surface area contributed by atoms with Crippen LogP contribution in [-0.2, 0) is 6.42 Å². The molecule has 2 aromatic carbocycles. The summed E-state index contributed by atoms with van der Waals surface area (Å²) in [6.07, 6.45) is 2.04. The van der Waals surface area contributed by atoms with Gasteiger partial charge in [-0.2, -0.15) is 0 Å². The van der Waals surface area contributed by atoms with E-state index in [2.05, 4.69) is 13.0 Å². The van der Waals surface area contributed by atoms with Gasteiger partial charge in [-0.1, -0.05) is 37.1 Å². The van der Waals surface area contributed by atoms with Crippen LogP contribution in [0, 0.1) is 0 Å². The summed E-state index contributed by atoms with van der Waals surface area (Å²) in [6.45, 7) is 2.15. The van der Waals surface area contributed by atoms with Crippen LogP contribution in [-0.4, -0.2) is 7.11 Å². The first-order chi connectivity index (χ1) is 9.24. The molecule has 0 bridgehead atoms. The number of ether oxygens (including phenoxy) is 2. The second kappa shape index (κ2) is 6.48. The largest absolute Gasteiger partial charge is 0.493 e. The van der Waals surface area contributed by atoms with Crippen molar-refractivity contribution >= 4 is 11.6 Å². The molecule has 2 rings (SSSR count). The third kappa shape index (κ3) is 3.42. The molecule has 19 heavy (non-hydrogen) atoms. The number of aryl methyl sites for hydroxylation is 1. The van der Waals surface area contributed by atoms with Gasteiger partial charge in [0, 0.05) is 5.02 Å². The number of para-hydroxylation sites is 1. The van der Waals surface area contributed by atoms with Crippen molar-refractivity contribution in [3.8, 4) is 17.2 Å². The van der Waals surface area contributed by atoms with E-state index in [1.807, 2.05) is 24.3 Å². The lowest BCUT2D eigenvalue weighted by Gasteiger charge is -2.13. The molecule has 2 aromatic rings. The van der Waals surface area contributed by atoms with Crippen molar-refractivity contribution in [1.29, 1.82) is 0 Å². The van der Waals surface area contributed by atoms with Crippen LogP contribution >= 0.6 is 11.6 Å². The zero-order valence-corrected chi connectivity index (χ0v) is 11.9. The highest BCUT2D eigenvalue weighted by Gasteiger charge is 2.10. The van der Waals surface area contributed by atoms with Gasteiger partial charge < -0.3 is 9.47 Å². The molecule has 0 saturated heterocycles. The molecule has 0 aromatic heterocycles. The molecule has 0 radical (unpaired) electrons. The van der Waals surface area contributed by atoms with Crippen molar-refractivity contribution in [2.45, 2.75) is 19.8 Å². The lowest BCUT2D eigenvalue weighted by molar-refractivity contribution is 0.374. The minimum atomic E-state index is 0.694. The summed E-state index contributed by atoms with van der Waals surface area (Å²) in [6, 6.07) is 13.3. The van der Waals surface area contributed by atoms with Gasteiger partial charge in [-0.15, -0.1) is 0 Å². The second-order valence-corrected chi connectivity index (χ2v) is 4.69. The molecule has 0 heterocycles. The molecule has 0 aliphatic heterocycles.